The van der Waals surface area contributed by atoms with E-state index in [2.05, 4.69) is 5.32 Å². The van der Waals surface area contributed by atoms with E-state index in [1.165, 1.54) is 17.4 Å². The quantitative estimate of drug-likeness (QED) is 0.903. The molecule has 1 N–H and O–H groups in total. The van der Waals surface area contributed by atoms with Gasteiger partial charge in [0, 0.05) is 23.3 Å². The first-order chi connectivity index (χ1) is 8.58. The van der Waals surface area contributed by atoms with E-state index in [4.69, 9.17) is 0 Å². The molecule has 110 valence electrons. The molecule has 9 heteroatoms. The van der Waals surface area contributed by atoms with Crippen LogP contribution in [0.5, 0.6) is 0 Å². The number of thiophene rings is 1. The molecule has 4 nitrogen and oxygen atoms in total. The van der Waals surface area contributed by atoms with E-state index in [0.717, 1.165) is 11.9 Å². The molecule has 1 rings (SSSR count). The summed E-state index contributed by atoms with van der Waals surface area (Å²) in [6, 6.07) is 1.42. The third kappa shape index (κ3) is 4.16. The third-order valence-electron chi connectivity index (χ3n) is 2.36. The molecule has 0 amide bonds. The van der Waals surface area contributed by atoms with Crippen LogP contribution >= 0.6 is 11.3 Å². The number of alkyl halides is 3. The van der Waals surface area contributed by atoms with Crippen LogP contribution in [0.2, 0.25) is 0 Å². The van der Waals surface area contributed by atoms with Gasteiger partial charge in [0.05, 0.1) is 4.90 Å². The Balaban J connectivity index is 3.06. The van der Waals surface area contributed by atoms with Crippen LogP contribution in [0.15, 0.2) is 11.0 Å². The highest BCUT2D eigenvalue weighted by Gasteiger charge is 2.35. The smallest absolute Gasteiger partial charge is 0.315 e. The van der Waals surface area contributed by atoms with Gasteiger partial charge in [0.1, 0.15) is 6.54 Å². The van der Waals surface area contributed by atoms with Crippen molar-refractivity contribution in [2.45, 2.75) is 24.5 Å². The van der Waals surface area contributed by atoms with E-state index in [9.17, 15) is 21.6 Å². The zero-order valence-corrected chi connectivity index (χ0v) is 12.3. The summed E-state index contributed by atoms with van der Waals surface area (Å²) in [5.74, 6) is 0. The number of sulfonamides is 1. The molecule has 1 aromatic heterocycles. The molecule has 0 bridgehead atoms. The Morgan fingerprint density at radius 2 is 2.00 bits per heavy atom. The van der Waals surface area contributed by atoms with Gasteiger partial charge in [0.25, 0.3) is 0 Å². The van der Waals surface area contributed by atoms with E-state index in [-0.39, 0.29) is 4.90 Å². The standard InChI is InChI=1S/C10H15F3N2O2S2/c1-7-9(4-8(18-7)5-14-2)19(16,17)15(3)6-10(11,12)13/h4,14H,5-6H2,1-3H3. The van der Waals surface area contributed by atoms with Gasteiger partial charge in [0.15, 0.2) is 0 Å². The van der Waals surface area contributed by atoms with Crippen LogP contribution in [0, 0.1) is 6.92 Å². The lowest BCUT2D eigenvalue weighted by molar-refractivity contribution is -0.134. The fourth-order valence-electron chi connectivity index (χ4n) is 1.55. The van der Waals surface area contributed by atoms with E-state index in [1.807, 2.05) is 0 Å². The van der Waals surface area contributed by atoms with Crippen LogP contribution in [0.3, 0.4) is 0 Å². The van der Waals surface area contributed by atoms with Gasteiger partial charge in [-0.15, -0.1) is 11.3 Å². The van der Waals surface area contributed by atoms with Crippen molar-refractivity contribution in [3.8, 4) is 0 Å². The van der Waals surface area contributed by atoms with E-state index >= 15 is 0 Å². The predicted molar refractivity (Wildman–Crippen MR) is 67.7 cm³/mol. The fourth-order valence-corrected chi connectivity index (χ4v) is 4.32. The van der Waals surface area contributed by atoms with Crippen molar-refractivity contribution < 1.29 is 21.6 Å². The summed E-state index contributed by atoms with van der Waals surface area (Å²) < 4.78 is 61.2. The number of hydrogen-bond acceptors (Lipinski definition) is 4. The number of rotatable bonds is 5. The van der Waals surface area contributed by atoms with Crippen molar-refractivity contribution in [1.29, 1.82) is 0 Å². The Morgan fingerprint density at radius 1 is 1.42 bits per heavy atom. The van der Waals surface area contributed by atoms with E-state index < -0.39 is 22.7 Å². The molecule has 0 radical (unpaired) electrons. The van der Waals surface area contributed by atoms with Crippen LogP contribution in [0.25, 0.3) is 0 Å². The predicted octanol–water partition coefficient (Wildman–Crippen LogP) is 1.96. The maximum atomic E-state index is 12.3. The van der Waals surface area contributed by atoms with Gasteiger partial charge in [-0.1, -0.05) is 0 Å². The minimum absolute atomic E-state index is 0.0606. The van der Waals surface area contributed by atoms with Crippen LogP contribution in [0.4, 0.5) is 13.2 Å². The van der Waals surface area contributed by atoms with Crippen molar-refractivity contribution in [2.75, 3.05) is 20.6 Å². The molecule has 1 aromatic rings. The second-order valence-electron chi connectivity index (χ2n) is 4.04. The first-order valence-corrected chi connectivity index (χ1v) is 7.60. The normalized spacial score (nSPS) is 13.2. The zero-order valence-electron chi connectivity index (χ0n) is 10.7. The fraction of sp³-hybridized carbons (Fsp3) is 0.600. The number of nitrogens with zero attached hydrogens (tertiary/aromatic N) is 1. The number of hydrogen-bond donors (Lipinski definition) is 1. The Bertz CT molecular complexity index is 537. The summed E-state index contributed by atoms with van der Waals surface area (Å²) in [5.41, 5.74) is 0. The SMILES string of the molecule is CNCc1cc(S(=O)(=O)N(C)CC(F)(F)F)c(C)s1. The lowest BCUT2D eigenvalue weighted by Gasteiger charge is -2.18. The maximum Gasteiger partial charge on any atom is 0.402 e. The third-order valence-corrected chi connectivity index (χ3v) is 5.47. The molecule has 0 saturated heterocycles. The van der Waals surface area contributed by atoms with E-state index in [0.29, 0.717) is 15.7 Å². The topological polar surface area (TPSA) is 49.4 Å². The van der Waals surface area contributed by atoms with E-state index in [1.54, 1.807) is 14.0 Å². The number of halogens is 3. The molecular weight excluding hydrogens is 301 g/mol. The van der Waals surface area contributed by atoms with Crippen LogP contribution < -0.4 is 5.32 Å². The molecular formula is C10H15F3N2O2S2. The van der Waals surface area contributed by atoms with Crippen LogP contribution in [0.1, 0.15) is 9.75 Å². The molecule has 0 aliphatic carbocycles. The summed E-state index contributed by atoms with van der Waals surface area (Å²) in [4.78, 5) is 1.19. The van der Waals surface area contributed by atoms with Crippen molar-refractivity contribution >= 4 is 21.4 Å². The summed E-state index contributed by atoms with van der Waals surface area (Å²) in [6.07, 6.45) is -4.56. The first-order valence-electron chi connectivity index (χ1n) is 5.35. The highest BCUT2D eigenvalue weighted by molar-refractivity contribution is 7.89. The average molecular weight is 316 g/mol. The summed E-state index contributed by atoms with van der Waals surface area (Å²) in [6.45, 7) is 0.564. The summed E-state index contributed by atoms with van der Waals surface area (Å²) in [7, 11) is -1.47. The van der Waals surface area contributed by atoms with Crippen LogP contribution in [-0.4, -0.2) is 39.5 Å². The Labute approximate surface area is 114 Å². The Kier molecular flexibility index (Phi) is 4.99. The minimum Gasteiger partial charge on any atom is -0.315 e. The molecule has 19 heavy (non-hydrogen) atoms. The molecule has 1 heterocycles. The molecule has 0 atom stereocenters. The number of aryl methyl sites for hydroxylation is 1. The Morgan fingerprint density at radius 3 is 2.47 bits per heavy atom. The van der Waals surface area contributed by atoms with Crippen LogP contribution in [-0.2, 0) is 16.6 Å². The number of nitrogens with one attached hydrogen (secondary N) is 1. The summed E-state index contributed by atoms with van der Waals surface area (Å²) >= 11 is 1.25. The van der Waals surface area contributed by atoms with Gasteiger partial charge in [-0.05, 0) is 20.0 Å². The molecule has 0 aliphatic heterocycles. The summed E-state index contributed by atoms with van der Waals surface area (Å²) in [5, 5.41) is 2.87. The average Bonchev–Trinajstić information content (AvgIpc) is 2.58. The zero-order chi connectivity index (χ0) is 14.8. The first kappa shape index (κ1) is 16.4. The van der Waals surface area contributed by atoms with Gasteiger partial charge in [0.2, 0.25) is 10.0 Å². The van der Waals surface area contributed by atoms with Crippen molar-refractivity contribution in [3.63, 3.8) is 0 Å². The minimum atomic E-state index is -4.56. The van der Waals surface area contributed by atoms with Gasteiger partial charge < -0.3 is 5.32 Å². The largest absolute Gasteiger partial charge is 0.402 e. The molecule has 0 saturated carbocycles. The Hall–Kier alpha value is -0.640. The van der Waals surface area contributed by atoms with Crippen molar-refractivity contribution in [2.24, 2.45) is 0 Å². The van der Waals surface area contributed by atoms with Crippen molar-refractivity contribution in [1.82, 2.24) is 9.62 Å². The molecule has 0 unspecified atom stereocenters. The molecule has 0 aromatic carbocycles. The lowest BCUT2D eigenvalue weighted by atomic mass is 10.4. The molecule has 0 aliphatic rings. The second kappa shape index (κ2) is 5.78. The van der Waals surface area contributed by atoms with Gasteiger partial charge in [-0.25, -0.2) is 8.42 Å². The van der Waals surface area contributed by atoms with Gasteiger partial charge >= 0.3 is 6.18 Å². The highest BCUT2D eigenvalue weighted by atomic mass is 32.2. The second-order valence-corrected chi connectivity index (χ2v) is 7.39. The van der Waals surface area contributed by atoms with Gasteiger partial charge in [-0.2, -0.15) is 17.5 Å². The monoisotopic (exact) mass is 316 g/mol. The molecule has 0 spiro atoms. The molecule has 0 fully saturated rings. The lowest BCUT2D eigenvalue weighted by Crippen LogP contribution is -2.35. The highest BCUT2D eigenvalue weighted by Crippen LogP contribution is 2.29. The maximum absolute atomic E-state index is 12.3. The van der Waals surface area contributed by atoms with Crippen molar-refractivity contribution in [3.05, 3.63) is 15.8 Å². The van der Waals surface area contributed by atoms with Gasteiger partial charge in [-0.3, -0.25) is 0 Å².